The molecule has 2 amide bonds. The summed E-state index contributed by atoms with van der Waals surface area (Å²) < 4.78 is 6.13. The molecule has 3 aromatic heterocycles. The third-order valence-corrected chi connectivity index (χ3v) is 5.54. The second-order valence-electron chi connectivity index (χ2n) is 5.16. The van der Waals surface area contributed by atoms with Gasteiger partial charge in [-0.3, -0.25) is 9.59 Å². The van der Waals surface area contributed by atoms with E-state index >= 15 is 0 Å². The molecular weight excluding hydrogens is 417 g/mol. The molecule has 0 aliphatic rings. The van der Waals surface area contributed by atoms with Crippen LogP contribution in [0.5, 0.6) is 0 Å². The normalized spacial score (nSPS) is 10.7. The number of hydrogen-bond acceptors (Lipinski definition) is 6. The zero-order valence-electron chi connectivity index (χ0n) is 13.3. The maximum Gasteiger partial charge on any atom is 0.286 e. The zero-order chi connectivity index (χ0) is 18.5. The minimum absolute atomic E-state index is 0.174. The predicted molar refractivity (Wildman–Crippen MR) is 104 cm³/mol. The molecule has 0 fully saturated rings. The van der Waals surface area contributed by atoms with Crippen LogP contribution in [0.2, 0.25) is 8.67 Å². The number of nitrogens with zero attached hydrogens (tertiary/aromatic N) is 1. The largest absolute Gasteiger partial charge is 0.459 e. The Hall–Kier alpha value is -1.87. The van der Waals surface area contributed by atoms with Crippen LogP contribution in [-0.2, 0) is 4.79 Å². The molecule has 3 aromatic rings. The van der Waals surface area contributed by atoms with Crippen molar-refractivity contribution in [3.8, 4) is 11.3 Å². The standard InChI is InChI=1S/C16H13Cl2N3O3S2/c17-12-7-9(14(18)26-12)10-8-25-16(20-10)21-13(22)4-1-5-19-15(23)11-3-2-6-24-11/h2-3,6-8H,1,4-5H2,(H,19,23)(H,20,21,22). The first kappa shape index (κ1) is 18.9. The van der Waals surface area contributed by atoms with Gasteiger partial charge in [-0.1, -0.05) is 23.2 Å². The topological polar surface area (TPSA) is 84.2 Å². The molecule has 136 valence electrons. The Balaban J connectivity index is 1.44. The van der Waals surface area contributed by atoms with Crippen molar-refractivity contribution in [1.82, 2.24) is 10.3 Å². The molecule has 3 rings (SSSR count). The predicted octanol–water partition coefficient (Wildman–Crippen LogP) is 4.92. The molecular formula is C16H13Cl2N3O3S2. The lowest BCUT2D eigenvalue weighted by Crippen LogP contribution is -2.25. The minimum Gasteiger partial charge on any atom is -0.459 e. The molecule has 2 N–H and O–H groups in total. The van der Waals surface area contributed by atoms with Crippen LogP contribution in [0, 0.1) is 0 Å². The highest BCUT2D eigenvalue weighted by Crippen LogP contribution is 2.38. The van der Waals surface area contributed by atoms with Crippen LogP contribution in [0.1, 0.15) is 23.4 Å². The van der Waals surface area contributed by atoms with E-state index in [1.165, 1.54) is 28.9 Å². The van der Waals surface area contributed by atoms with Crippen molar-refractivity contribution >= 4 is 62.8 Å². The number of carbonyl (C=O) groups is 2. The summed E-state index contributed by atoms with van der Waals surface area (Å²) in [5.74, 6) is -0.226. The van der Waals surface area contributed by atoms with Crippen molar-refractivity contribution in [2.75, 3.05) is 11.9 Å². The summed E-state index contributed by atoms with van der Waals surface area (Å²) in [7, 11) is 0. The number of amides is 2. The summed E-state index contributed by atoms with van der Waals surface area (Å²) >= 11 is 14.6. The number of furan rings is 1. The molecule has 0 aliphatic carbocycles. The first-order valence-corrected chi connectivity index (χ1v) is 10.0. The van der Waals surface area contributed by atoms with Crippen molar-refractivity contribution in [2.24, 2.45) is 0 Å². The molecule has 0 atom stereocenters. The van der Waals surface area contributed by atoms with E-state index < -0.39 is 0 Å². The number of hydrogen-bond donors (Lipinski definition) is 2. The van der Waals surface area contributed by atoms with Crippen LogP contribution < -0.4 is 10.6 Å². The molecule has 0 saturated heterocycles. The van der Waals surface area contributed by atoms with E-state index in [4.69, 9.17) is 27.6 Å². The fourth-order valence-electron chi connectivity index (χ4n) is 2.10. The number of rotatable bonds is 7. The Morgan fingerprint density at radius 1 is 1.31 bits per heavy atom. The van der Waals surface area contributed by atoms with Crippen LogP contribution in [-0.4, -0.2) is 23.3 Å². The van der Waals surface area contributed by atoms with E-state index in [0.29, 0.717) is 32.5 Å². The van der Waals surface area contributed by atoms with E-state index in [1.807, 2.05) is 5.38 Å². The lowest BCUT2D eigenvalue weighted by molar-refractivity contribution is -0.116. The van der Waals surface area contributed by atoms with Gasteiger partial charge in [-0.15, -0.1) is 22.7 Å². The average Bonchev–Trinajstić information content (AvgIpc) is 3.32. The van der Waals surface area contributed by atoms with Crippen LogP contribution in [0.25, 0.3) is 11.3 Å². The van der Waals surface area contributed by atoms with Gasteiger partial charge in [0.1, 0.15) is 4.34 Å². The second-order valence-corrected chi connectivity index (χ2v) is 8.30. The molecule has 0 spiro atoms. The van der Waals surface area contributed by atoms with Crippen LogP contribution >= 0.6 is 45.9 Å². The number of thiophene rings is 1. The molecule has 0 aromatic carbocycles. The van der Waals surface area contributed by atoms with E-state index in [0.717, 1.165) is 5.56 Å². The Kier molecular flexibility index (Phi) is 6.31. The maximum atomic E-state index is 12.0. The molecule has 0 saturated carbocycles. The van der Waals surface area contributed by atoms with Crippen molar-refractivity contribution in [1.29, 1.82) is 0 Å². The maximum absolute atomic E-state index is 12.0. The molecule has 6 nitrogen and oxygen atoms in total. The zero-order valence-corrected chi connectivity index (χ0v) is 16.4. The summed E-state index contributed by atoms with van der Waals surface area (Å²) in [6.07, 6.45) is 2.20. The molecule has 26 heavy (non-hydrogen) atoms. The van der Waals surface area contributed by atoms with Crippen molar-refractivity contribution in [3.63, 3.8) is 0 Å². The Morgan fingerprint density at radius 3 is 2.85 bits per heavy atom. The minimum atomic E-state index is -0.300. The Labute approximate surface area is 167 Å². The first-order chi connectivity index (χ1) is 12.5. The summed E-state index contributed by atoms with van der Waals surface area (Å²) in [6.45, 7) is 0.374. The van der Waals surface area contributed by atoms with Gasteiger partial charge in [-0.2, -0.15) is 0 Å². The third-order valence-electron chi connectivity index (χ3n) is 3.29. The van der Waals surface area contributed by atoms with Gasteiger partial charge in [0.15, 0.2) is 10.9 Å². The second kappa shape index (κ2) is 8.68. The first-order valence-electron chi connectivity index (χ1n) is 7.55. The van der Waals surface area contributed by atoms with Gasteiger partial charge in [0.05, 0.1) is 16.3 Å². The quantitative estimate of drug-likeness (QED) is 0.521. The summed E-state index contributed by atoms with van der Waals surface area (Å²) in [6, 6.07) is 4.97. The van der Waals surface area contributed by atoms with Crippen LogP contribution in [0.4, 0.5) is 5.13 Å². The SMILES string of the molecule is O=C(CCCNC(=O)c1ccco1)Nc1nc(-c2cc(Cl)sc2Cl)cs1. The van der Waals surface area contributed by atoms with Crippen LogP contribution in [0.3, 0.4) is 0 Å². The number of carbonyl (C=O) groups excluding carboxylic acids is 2. The van der Waals surface area contributed by atoms with Crippen molar-refractivity contribution in [3.05, 3.63) is 44.3 Å². The van der Waals surface area contributed by atoms with Gasteiger partial charge in [0, 0.05) is 23.9 Å². The number of halogens is 2. The van der Waals surface area contributed by atoms with Gasteiger partial charge in [0.25, 0.3) is 5.91 Å². The van der Waals surface area contributed by atoms with E-state index in [1.54, 1.807) is 18.2 Å². The van der Waals surface area contributed by atoms with Crippen LogP contribution in [0.15, 0.2) is 34.3 Å². The smallest absolute Gasteiger partial charge is 0.286 e. The number of aromatic nitrogens is 1. The lowest BCUT2D eigenvalue weighted by Gasteiger charge is -2.03. The fraction of sp³-hybridized carbons (Fsp3) is 0.188. The Morgan fingerprint density at radius 2 is 2.15 bits per heavy atom. The molecule has 0 bridgehead atoms. The van der Waals surface area contributed by atoms with Crippen molar-refractivity contribution in [2.45, 2.75) is 12.8 Å². The summed E-state index contributed by atoms with van der Waals surface area (Å²) in [5.41, 5.74) is 1.42. The number of thiazole rings is 1. The molecule has 0 unspecified atom stereocenters. The molecule has 0 radical (unpaired) electrons. The van der Waals surface area contributed by atoms with Gasteiger partial charge in [-0.05, 0) is 24.6 Å². The summed E-state index contributed by atoms with van der Waals surface area (Å²) in [4.78, 5) is 28.0. The molecule has 10 heteroatoms. The van der Waals surface area contributed by atoms with E-state index in [2.05, 4.69) is 15.6 Å². The van der Waals surface area contributed by atoms with Crippen molar-refractivity contribution < 1.29 is 14.0 Å². The van der Waals surface area contributed by atoms with E-state index in [9.17, 15) is 9.59 Å². The average molecular weight is 430 g/mol. The molecule has 3 heterocycles. The highest BCUT2D eigenvalue weighted by molar-refractivity contribution is 7.20. The fourth-order valence-corrected chi connectivity index (χ4v) is 4.31. The highest BCUT2D eigenvalue weighted by Gasteiger charge is 2.13. The van der Waals surface area contributed by atoms with E-state index in [-0.39, 0.29) is 24.0 Å². The monoisotopic (exact) mass is 429 g/mol. The Bertz CT molecular complexity index is 906. The van der Waals surface area contributed by atoms with Gasteiger partial charge >= 0.3 is 0 Å². The highest BCUT2D eigenvalue weighted by atomic mass is 35.5. The number of anilines is 1. The molecule has 0 aliphatic heterocycles. The van der Waals surface area contributed by atoms with Gasteiger partial charge in [0.2, 0.25) is 5.91 Å². The third kappa shape index (κ3) is 4.85. The van der Waals surface area contributed by atoms with Gasteiger partial charge < -0.3 is 15.1 Å². The number of nitrogens with one attached hydrogen (secondary N) is 2. The van der Waals surface area contributed by atoms with Gasteiger partial charge in [-0.25, -0.2) is 4.98 Å². The summed E-state index contributed by atoms with van der Waals surface area (Å²) in [5, 5.41) is 7.72. The lowest BCUT2D eigenvalue weighted by atomic mass is 10.3.